The Morgan fingerprint density at radius 2 is 1.73 bits per heavy atom. The largest absolute Gasteiger partial charge is 0.395 e. The van der Waals surface area contributed by atoms with Gasteiger partial charge in [0.1, 0.15) is 11.6 Å². The van der Waals surface area contributed by atoms with Crippen LogP contribution in [0.2, 0.25) is 0 Å². The Bertz CT molecular complexity index is 708. The van der Waals surface area contributed by atoms with Gasteiger partial charge in [-0.2, -0.15) is 5.10 Å². The van der Waals surface area contributed by atoms with E-state index in [-0.39, 0.29) is 11.5 Å². The van der Waals surface area contributed by atoms with E-state index in [0.29, 0.717) is 10.3 Å². The Kier molecular flexibility index (Phi) is 5.55. The lowest BCUT2D eigenvalue weighted by Gasteiger charge is -2.03. The molecule has 0 spiro atoms. The van der Waals surface area contributed by atoms with Gasteiger partial charge in [-0.1, -0.05) is 36.4 Å². The van der Waals surface area contributed by atoms with Crippen molar-refractivity contribution in [1.29, 1.82) is 0 Å². The first-order valence-corrected chi connectivity index (χ1v) is 7.38. The molecule has 0 aliphatic heterocycles. The molecule has 0 saturated heterocycles. The van der Waals surface area contributed by atoms with Crippen LogP contribution in [0.25, 0.3) is 0 Å². The molecule has 0 bridgehead atoms. The summed E-state index contributed by atoms with van der Waals surface area (Å²) < 4.78 is 14.8. The summed E-state index contributed by atoms with van der Waals surface area (Å²) in [6.45, 7) is 0.736. The van der Waals surface area contributed by atoms with Crippen LogP contribution in [0.3, 0.4) is 0 Å². The van der Waals surface area contributed by atoms with Crippen LogP contribution in [0.15, 0.2) is 65.3 Å². The number of para-hydroxylation sites is 1. The molecule has 0 atom stereocenters. The van der Waals surface area contributed by atoms with Crippen molar-refractivity contribution in [3.8, 4) is 0 Å². The number of benzene rings is 2. The van der Waals surface area contributed by atoms with E-state index in [1.54, 1.807) is 29.1 Å². The number of nitrogens with zero attached hydrogens (tertiary/aromatic N) is 2. The highest BCUT2D eigenvalue weighted by Gasteiger charge is 1.98. The summed E-state index contributed by atoms with van der Waals surface area (Å²) in [5.41, 5.74) is 12.3. The van der Waals surface area contributed by atoms with Crippen molar-refractivity contribution < 1.29 is 4.39 Å². The third-order valence-corrected chi connectivity index (χ3v) is 3.62. The van der Waals surface area contributed by atoms with Crippen LogP contribution < -0.4 is 11.5 Å². The molecule has 4 nitrogen and oxygen atoms in total. The second-order valence-electron chi connectivity index (χ2n) is 4.53. The highest BCUT2D eigenvalue weighted by molar-refractivity contribution is 9.10. The Balaban J connectivity index is 0.000000172. The van der Waals surface area contributed by atoms with E-state index < -0.39 is 0 Å². The van der Waals surface area contributed by atoms with Gasteiger partial charge in [0, 0.05) is 4.47 Å². The van der Waals surface area contributed by atoms with Crippen LogP contribution in [-0.4, -0.2) is 9.78 Å². The molecule has 0 unspecified atom stereocenters. The Hall–Kier alpha value is -2.34. The summed E-state index contributed by atoms with van der Waals surface area (Å²) >= 11 is 3.08. The number of hydrogen-bond donors (Lipinski definition) is 2. The summed E-state index contributed by atoms with van der Waals surface area (Å²) in [7, 11) is 0. The molecule has 6 heteroatoms. The van der Waals surface area contributed by atoms with Gasteiger partial charge in [0.15, 0.2) is 0 Å². The van der Waals surface area contributed by atoms with Crippen LogP contribution in [0, 0.1) is 5.82 Å². The smallest absolute Gasteiger partial charge is 0.147 e. The first-order valence-electron chi connectivity index (χ1n) is 6.58. The summed E-state index contributed by atoms with van der Waals surface area (Å²) in [5.74, 6) is 0.313. The summed E-state index contributed by atoms with van der Waals surface area (Å²) in [6, 6.07) is 16.5. The fraction of sp³-hybridized carbons (Fsp3) is 0.0625. The molecule has 2 aromatic carbocycles. The van der Waals surface area contributed by atoms with Gasteiger partial charge in [0.25, 0.3) is 0 Å². The Labute approximate surface area is 136 Å². The lowest BCUT2D eigenvalue weighted by molar-refractivity contribution is 0.632. The second-order valence-corrected chi connectivity index (χ2v) is 5.39. The van der Waals surface area contributed by atoms with Gasteiger partial charge >= 0.3 is 0 Å². The molecule has 3 aromatic rings. The molecular weight excluding hydrogens is 347 g/mol. The molecule has 0 saturated carbocycles. The Morgan fingerprint density at radius 3 is 2.27 bits per heavy atom. The van der Waals surface area contributed by atoms with Crippen LogP contribution in [0.5, 0.6) is 0 Å². The molecule has 4 N–H and O–H groups in total. The number of anilines is 2. The lowest BCUT2D eigenvalue weighted by Crippen LogP contribution is -2.05. The predicted octanol–water partition coefficient (Wildman–Crippen LogP) is 3.68. The zero-order chi connectivity index (χ0) is 15.9. The molecule has 22 heavy (non-hydrogen) atoms. The SMILES string of the molecule is Nc1c(F)cccc1Br.Nc1ccnn1Cc1ccccc1. The second kappa shape index (κ2) is 7.61. The normalized spacial score (nSPS) is 9.91. The van der Waals surface area contributed by atoms with E-state index >= 15 is 0 Å². The van der Waals surface area contributed by atoms with E-state index in [1.807, 2.05) is 18.2 Å². The molecule has 0 aliphatic carbocycles. The molecular formula is C16H16BrFN4. The van der Waals surface area contributed by atoms with E-state index in [4.69, 9.17) is 11.5 Å². The van der Waals surface area contributed by atoms with Gasteiger partial charge in [0.2, 0.25) is 0 Å². The van der Waals surface area contributed by atoms with Crippen LogP contribution >= 0.6 is 15.9 Å². The third kappa shape index (κ3) is 4.33. The minimum Gasteiger partial charge on any atom is -0.395 e. The van der Waals surface area contributed by atoms with E-state index in [0.717, 1.165) is 6.54 Å². The molecule has 114 valence electrons. The number of nitrogen functional groups attached to an aromatic ring is 2. The average molecular weight is 363 g/mol. The predicted molar refractivity (Wildman–Crippen MR) is 90.7 cm³/mol. The third-order valence-electron chi connectivity index (χ3n) is 2.92. The van der Waals surface area contributed by atoms with Crippen molar-refractivity contribution in [3.05, 3.63) is 76.6 Å². The first-order chi connectivity index (χ1) is 10.6. The van der Waals surface area contributed by atoms with Gasteiger partial charge in [-0.25, -0.2) is 9.07 Å². The minimum atomic E-state index is -0.385. The Morgan fingerprint density at radius 1 is 1.00 bits per heavy atom. The van der Waals surface area contributed by atoms with Crippen molar-refractivity contribution in [2.75, 3.05) is 11.5 Å². The van der Waals surface area contributed by atoms with Gasteiger partial charge < -0.3 is 11.5 Å². The molecule has 0 fully saturated rings. The van der Waals surface area contributed by atoms with Crippen molar-refractivity contribution in [1.82, 2.24) is 9.78 Å². The number of nitrogens with two attached hydrogens (primary N) is 2. The van der Waals surface area contributed by atoms with E-state index in [2.05, 4.69) is 33.2 Å². The molecule has 1 aromatic heterocycles. The highest BCUT2D eigenvalue weighted by Crippen LogP contribution is 2.20. The summed E-state index contributed by atoms with van der Waals surface area (Å²) in [5, 5.41) is 4.10. The van der Waals surface area contributed by atoms with Crippen LogP contribution in [0.1, 0.15) is 5.56 Å². The van der Waals surface area contributed by atoms with Crippen molar-refractivity contribution in [3.63, 3.8) is 0 Å². The number of rotatable bonds is 2. The zero-order valence-corrected chi connectivity index (χ0v) is 13.4. The number of halogens is 2. The maximum Gasteiger partial charge on any atom is 0.147 e. The summed E-state index contributed by atoms with van der Waals surface area (Å²) in [6.07, 6.45) is 1.71. The molecule has 0 amide bonds. The van der Waals surface area contributed by atoms with E-state index in [9.17, 15) is 4.39 Å². The monoisotopic (exact) mass is 362 g/mol. The van der Waals surface area contributed by atoms with Gasteiger partial charge in [0.05, 0.1) is 18.4 Å². The van der Waals surface area contributed by atoms with Gasteiger partial charge in [-0.15, -0.1) is 0 Å². The quantitative estimate of drug-likeness (QED) is 0.683. The summed E-state index contributed by atoms with van der Waals surface area (Å²) in [4.78, 5) is 0. The number of aromatic nitrogens is 2. The average Bonchev–Trinajstić information content (AvgIpc) is 2.92. The lowest BCUT2D eigenvalue weighted by atomic mass is 10.2. The number of hydrogen-bond acceptors (Lipinski definition) is 3. The van der Waals surface area contributed by atoms with Crippen molar-refractivity contribution in [2.24, 2.45) is 0 Å². The van der Waals surface area contributed by atoms with Crippen molar-refractivity contribution in [2.45, 2.75) is 6.54 Å². The van der Waals surface area contributed by atoms with Crippen molar-refractivity contribution >= 4 is 27.4 Å². The molecule has 0 aliphatic rings. The zero-order valence-electron chi connectivity index (χ0n) is 11.8. The standard InChI is InChI=1S/C10H11N3.C6H5BrFN/c11-10-6-7-12-13(10)8-9-4-2-1-3-5-9;7-4-2-1-3-5(8)6(4)9/h1-7H,8,11H2;1-3H,9H2. The fourth-order valence-corrected chi connectivity index (χ4v) is 2.08. The fourth-order valence-electron chi connectivity index (χ4n) is 1.74. The van der Waals surface area contributed by atoms with Crippen LogP contribution in [0.4, 0.5) is 15.9 Å². The van der Waals surface area contributed by atoms with Crippen LogP contribution in [-0.2, 0) is 6.54 Å². The minimum absolute atomic E-state index is 0.164. The van der Waals surface area contributed by atoms with Gasteiger partial charge in [-0.05, 0) is 39.7 Å². The maximum absolute atomic E-state index is 12.4. The topological polar surface area (TPSA) is 69.9 Å². The maximum atomic E-state index is 12.4. The molecule has 1 heterocycles. The van der Waals surface area contributed by atoms with Gasteiger partial charge in [-0.3, -0.25) is 0 Å². The molecule has 3 rings (SSSR count). The highest BCUT2D eigenvalue weighted by atomic mass is 79.9. The first kappa shape index (κ1) is 16.0. The molecule has 0 radical (unpaired) electrons. The van der Waals surface area contributed by atoms with E-state index in [1.165, 1.54) is 11.6 Å².